The highest BCUT2D eigenvalue weighted by atomic mass is 32.1. The summed E-state index contributed by atoms with van der Waals surface area (Å²) < 4.78 is 25.8. The summed E-state index contributed by atoms with van der Waals surface area (Å²) in [5.74, 6) is -1.37. The van der Waals surface area contributed by atoms with E-state index < -0.39 is 23.8 Å². The van der Waals surface area contributed by atoms with Gasteiger partial charge < -0.3 is 24.8 Å². The van der Waals surface area contributed by atoms with Crippen molar-refractivity contribution in [1.29, 1.82) is 0 Å². The lowest BCUT2D eigenvalue weighted by molar-refractivity contribution is -0.137. The number of thiazole rings is 1. The van der Waals surface area contributed by atoms with Gasteiger partial charge in [-0.2, -0.15) is 0 Å². The molecule has 48 heavy (non-hydrogen) atoms. The van der Waals surface area contributed by atoms with Gasteiger partial charge in [0, 0.05) is 62.7 Å². The molecule has 6 rings (SSSR count). The number of aromatic nitrogens is 1. The second kappa shape index (κ2) is 14.2. The number of amidine groups is 1. The molecule has 3 atom stereocenters. The first-order valence-corrected chi connectivity index (χ1v) is 16.5. The first kappa shape index (κ1) is 33.2. The largest absolute Gasteiger partial charge is 0.481 e. The van der Waals surface area contributed by atoms with Gasteiger partial charge in [0.1, 0.15) is 11.9 Å². The number of amides is 2. The molecule has 0 saturated carbocycles. The quantitative estimate of drug-likeness (QED) is 0.291. The van der Waals surface area contributed by atoms with E-state index in [1.165, 1.54) is 24.5 Å². The Kier molecular flexibility index (Phi) is 9.85. The number of halogens is 1. The van der Waals surface area contributed by atoms with Gasteiger partial charge in [0.05, 0.1) is 31.4 Å². The second-order valence-corrected chi connectivity index (χ2v) is 12.8. The molecule has 2 amide bonds. The number of methoxy groups -OCH3 is 2. The number of carboxylic acids is 1. The van der Waals surface area contributed by atoms with Crippen LogP contribution >= 0.6 is 11.3 Å². The zero-order valence-electron chi connectivity index (χ0n) is 26.9. The Hall–Kier alpha value is -4.66. The van der Waals surface area contributed by atoms with Crippen LogP contribution in [-0.4, -0.2) is 103 Å². The van der Waals surface area contributed by atoms with Crippen molar-refractivity contribution in [1.82, 2.24) is 20.1 Å². The summed E-state index contributed by atoms with van der Waals surface area (Å²) in [7, 11) is 2.93. The molecule has 1 aromatic heterocycles. The van der Waals surface area contributed by atoms with Crippen LogP contribution in [-0.2, 0) is 25.5 Å². The number of rotatable bonds is 11. The molecule has 2 N–H and O–H groups in total. The van der Waals surface area contributed by atoms with Gasteiger partial charge in [0.25, 0.3) is 0 Å². The lowest BCUT2D eigenvalue weighted by Gasteiger charge is -2.44. The number of carboxylic acid groups (broad SMARTS) is 1. The molecule has 4 heterocycles. The summed E-state index contributed by atoms with van der Waals surface area (Å²) in [6.07, 6.45) is 2.12. The summed E-state index contributed by atoms with van der Waals surface area (Å²) in [6, 6.07) is 10.8. The Balaban J connectivity index is 1.31. The van der Waals surface area contributed by atoms with Gasteiger partial charge >= 0.3 is 18.0 Å². The number of hydrogen-bond acceptors (Lipinski definition) is 10. The van der Waals surface area contributed by atoms with E-state index in [1.807, 2.05) is 34.5 Å². The Morgan fingerprint density at radius 1 is 1.15 bits per heavy atom. The zero-order valence-corrected chi connectivity index (χ0v) is 27.7. The third kappa shape index (κ3) is 6.55. The number of ether oxygens (including phenoxy) is 2. The minimum Gasteiger partial charge on any atom is -0.481 e. The summed E-state index contributed by atoms with van der Waals surface area (Å²) in [6.45, 7) is 3.66. The number of esters is 1. The number of carbonyl (C=O) groups is 3. The summed E-state index contributed by atoms with van der Waals surface area (Å²) in [5.41, 5.74) is 3.39. The van der Waals surface area contributed by atoms with E-state index in [4.69, 9.17) is 19.6 Å². The molecule has 0 radical (unpaired) electrons. The van der Waals surface area contributed by atoms with Crippen molar-refractivity contribution in [3.8, 4) is 0 Å². The molecule has 0 bridgehead atoms. The van der Waals surface area contributed by atoms with E-state index in [0.29, 0.717) is 60.3 Å². The standard InChI is InChI=1S/C34H37FN6O6S/c1-20-23(5-4-6-24(20)35)30-29(33(44)47-3)25(37-31(38-30)32-36-13-16-48-32)17-39-14-15-40-26(27(39)19-46-2)18-41(34(40)45)22-10-7-21(8-11-22)9-12-28(42)43/h4-8,10-11,13,16,26-27,30H,9,12,14-15,17-19H2,1-3H3,(H,37,38)(H,42,43)/t26-,27-,30+/m1/s1. The van der Waals surface area contributed by atoms with Crippen LogP contribution in [0.2, 0.25) is 0 Å². The van der Waals surface area contributed by atoms with Gasteiger partial charge in [-0.1, -0.05) is 24.3 Å². The molecular weight excluding hydrogens is 639 g/mol. The number of urea groups is 1. The van der Waals surface area contributed by atoms with Crippen LogP contribution in [0.25, 0.3) is 0 Å². The highest BCUT2D eigenvalue weighted by molar-refractivity contribution is 7.11. The Bertz CT molecular complexity index is 1750. The molecule has 14 heteroatoms. The van der Waals surface area contributed by atoms with Crippen LogP contribution in [0, 0.1) is 12.7 Å². The summed E-state index contributed by atoms with van der Waals surface area (Å²) >= 11 is 1.40. The van der Waals surface area contributed by atoms with E-state index in [0.717, 1.165) is 11.3 Å². The number of hydrogen-bond donors (Lipinski definition) is 2. The molecule has 3 aliphatic rings. The first-order valence-electron chi connectivity index (χ1n) is 15.6. The van der Waals surface area contributed by atoms with E-state index in [1.54, 1.807) is 37.3 Å². The Morgan fingerprint density at radius 2 is 1.94 bits per heavy atom. The lowest BCUT2D eigenvalue weighted by atomic mass is 9.91. The van der Waals surface area contributed by atoms with Crippen molar-refractivity contribution in [2.45, 2.75) is 37.9 Å². The monoisotopic (exact) mass is 676 g/mol. The fourth-order valence-corrected chi connectivity index (χ4v) is 7.25. The number of piperazine rings is 1. The maximum Gasteiger partial charge on any atom is 0.338 e. The Morgan fingerprint density at radius 3 is 2.62 bits per heavy atom. The van der Waals surface area contributed by atoms with Crippen molar-refractivity contribution < 1.29 is 33.4 Å². The number of carbonyl (C=O) groups excluding carboxylic acids is 2. The topological polar surface area (TPSA) is 137 Å². The van der Waals surface area contributed by atoms with Crippen molar-refractivity contribution in [3.05, 3.63) is 92.8 Å². The van der Waals surface area contributed by atoms with Crippen LogP contribution in [0.4, 0.5) is 14.9 Å². The molecule has 0 spiro atoms. The fourth-order valence-electron chi connectivity index (χ4n) is 6.66. The number of nitrogens with one attached hydrogen (secondary N) is 1. The molecule has 3 aromatic rings. The highest BCUT2D eigenvalue weighted by Gasteiger charge is 2.47. The smallest absolute Gasteiger partial charge is 0.338 e. The van der Waals surface area contributed by atoms with E-state index in [-0.39, 0.29) is 36.7 Å². The Labute approximate surface area is 281 Å². The average Bonchev–Trinajstić information content (AvgIpc) is 3.74. The number of benzene rings is 2. The molecule has 3 aliphatic heterocycles. The van der Waals surface area contributed by atoms with E-state index in [2.05, 4.69) is 15.2 Å². The fraction of sp³-hybridized carbons (Fsp3) is 0.382. The molecular formula is C34H37FN6O6S. The molecule has 0 unspecified atom stereocenters. The molecule has 252 valence electrons. The molecule has 12 nitrogen and oxygen atoms in total. The van der Waals surface area contributed by atoms with Gasteiger partial charge in [0.15, 0.2) is 10.8 Å². The number of aliphatic imine (C=N–C) groups is 1. The third-order valence-electron chi connectivity index (χ3n) is 9.13. The van der Waals surface area contributed by atoms with E-state index in [9.17, 15) is 18.8 Å². The molecule has 2 aromatic carbocycles. The van der Waals surface area contributed by atoms with Gasteiger partial charge in [-0.05, 0) is 48.2 Å². The van der Waals surface area contributed by atoms with Crippen molar-refractivity contribution >= 4 is 40.8 Å². The molecule has 2 fully saturated rings. The predicted octanol–water partition coefficient (Wildman–Crippen LogP) is 3.77. The molecule has 2 saturated heterocycles. The minimum atomic E-state index is -0.858. The van der Waals surface area contributed by atoms with Crippen LogP contribution in [0.1, 0.15) is 34.2 Å². The van der Waals surface area contributed by atoms with Crippen molar-refractivity contribution in [2.24, 2.45) is 4.99 Å². The number of fused-ring (bicyclic) bond motifs is 1. The number of anilines is 1. The average molecular weight is 677 g/mol. The van der Waals surface area contributed by atoms with Crippen LogP contribution in [0.15, 0.2) is 70.3 Å². The molecule has 0 aliphatic carbocycles. The number of aryl methyl sites for hydroxylation is 1. The van der Waals surface area contributed by atoms with Crippen LogP contribution in [0.3, 0.4) is 0 Å². The predicted molar refractivity (Wildman–Crippen MR) is 178 cm³/mol. The van der Waals surface area contributed by atoms with Crippen LogP contribution < -0.4 is 10.2 Å². The number of aliphatic carboxylic acids is 1. The maximum atomic E-state index is 14.8. The highest BCUT2D eigenvalue weighted by Crippen LogP contribution is 2.37. The van der Waals surface area contributed by atoms with Crippen molar-refractivity contribution in [2.75, 3.05) is 51.9 Å². The SMILES string of the molecule is COC[C@@H]1[C@H]2CN(c3ccc(CCC(=O)O)cc3)C(=O)N2CCN1CC1=C(C(=O)OC)[C@H](c2cccc(F)c2C)N=C(c2nccs2)N1. The minimum absolute atomic E-state index is 0.0368. The van der Waals surface area contributed by atoms with E-state index >= 15 is 0 Å². The van der Waals surface area contributed by atoms with Crippen molar-refractivity contribution in [3.63, 3.8) is 0 Å². The van der Waals surface area contributed by atoms with Gasteiger partial charge in [-0.3, -0.25) is 19.6 Å². The second-order valence-electron chi connectivity index (χ2n) is 11.9. The first-order chi connectivity index (χ1) is 23.2. The zero-order chi connectivity index (χ0) is 33.9. The maximum absolute atomic E-state index is 14.8. The van der Waals surface area contributed by atoms with Crippen LogP contribution in [0.5, 0.6) is 0 Å². The van der Waals surface area contributed by atoms with Gasteiger partial charge in [-0.25, -0.2) is 19.0 Å². The lowest BCUT2D eigenvalue weighted by Crippen LogP contribution is -2.61. The van der Waals surface area contributed by atoms with Gasteiger partial charge in [-0.15, -0.1) is 11.3 Å². The normalized spacial score (nSPS) is 21.2. The third-order valence-corrected chi connectivity index (χ3v) is 9.91. The summed E-state index contributed by atoms with van der Waals surface area (Å²) in [5, 5.41) is 14.8. The van der Waals surface area contributed by atoms with Gasteiger partial charge in [0.2, 0.25) is 0 Å². The summed E-state index contributed by atoms with van der Waals surface area (Å²) in [4.78, 5) is 53.3. The number of nitrogens with zero attached hydrogens (tertiary/aromatic N) is 5.